The molecule has 2 heterocycles. The molecule has 7 nitrogen and oxygen atoms in total. The van der Waals surface area contributed by atoms with E-state index < -0.39 is 35.2 Å². The molecule has 0 bridgehead atoms. The quantitative estimate of drug-likeness (QED) is 0.708. The maximum absolute atomic E-state index is 13.4. The molecule has 0 spiro atoms. The van der Waals surface area contributed by atoms with Gasteiger partial charge < -0.3 is 11.1 Å². The van der Waals surface area contributed by atoms with E-state index in [9.17, 15) is 31.5 Å². The molecular formula is C18H18F5N5O2. The highest BCUT2D eigenvalue weighted by Gasteiger charge is 2.40. The summed E-state index contributed by atoms with van der Waals surface area (Å²) in [5, 5.41) is 5.96. The van der Waals surface area contributed by atoms with E-state index in [0.29, 0.717) is 6.20 Å². The third-order valence-corrected chi connectivity index (χ3v) is 4.90. The Bertz CT molecular complexity index is 947. The van der Waals surface area contributed by atoms with Gasteiger partial charge >= 0.3 is 6.18 Å². The molecule has 12 heteroatoms. The van der Waals surface area contributed by atoms with Crippen LogP contribution in [0, 0.1) is 5.92 Å². The van der Waals surface area contributed by atoms with Crippen LogP contribution in [0.4, 0.5) is 27.6 Å². The fourth-order valence-corrected chi connectivity index (χ4v) is 3.33. The van der Waals surface area contributed by atoms with Crippen molar-refractivity contribution < 1.29 is 31.5 Å². The van der Waals surface area contributed by atoms with Gasteiger partial charge in [0, 0.05) is 31.3 Å². The zero-order valence-electron chi connectivity index (χ0n) is 15.5. The number of nitrogens with two attached hydrogens (primary N) is 1. The monoisotopic (exact) mass is 431 g/mol. The minimum Gasteiger partial charge on any atom is -0.364 e. The number of hydrogen-bond donors (Lipinski definition) is 2. The molecule has 1 aliphatic rings. The minimum atomic E-state index is -4.85. The molecule has 2 aromatic heterocycles. The van der Waals surface area contributed by atoms with E-state index >= 15 is 0 Å². The van der Waals surface area contributed by atoms with Crippen LogP contribution in [0.1, 0.15) is 52.2 Å². The third kappa shape index (κ3) is 4.92. The third-order valence-electron chi connectivity index (χ3n) is 4.90. The Morgan fingerprint density at radius 1 is 1.27 bits per heavy atom. The van der Waals surface area contributed by atoms with Crippen LogP contribution in [-0.4, -0.2) is 32.5 Å². The van der Waals surface area contributed by atoms with Crippen molar-refractivity contribution in [2.45, 2.75) is 44.3 Å². The van der Waals surface area contributed by atoms with Gasteiger partial charge in [0.25, 0.3) is 11.8 Å². The second kappa shape index (κ2) is 8.00. The Hall–Kier alpha value is -3.05. The molecule has 30 heavy (non-hydrogen) atoms. The van der Waals surface area contributed by atoms with E-state index in [1.165, 1.54) is 12.3 Å². The van der Waals surface area contributed by atoms with Crippen LogP contribution in [0.5, 0.6) is 0 Å². The molecule has 0 unspecified atom stereocenters. The standard InChI is InChI=1S/C18H18F5N5O2/c19-17(20)4-1-10(2-5-17)9-28-14(12(8-26-28)18(21,22)23)16(30)27-11-3-6-25-13(7-11)15(24)29/h3,6-8,10H,1-2,4-5,9H2,(H2,24,29)(H,25,27,30). The summed E-state index contributed by atoms with van der Waals surface area (Å²) in [6, 6.07) is 2.40. The number of anilines is 1. The van der Waals surface area contributed by atoms with Crippen molar-refractivity contribution >= 4 is 17.5 Å². The van der Waals surface area contributed by atoms with Crippen LogP contribution in [0.25, 0.3) is 0 Å². The molecule has 0 radical (unpaired) electrons. The highest BCUT2D eigenvalue weighted by Crippen LogP contribution is 2.38. The summed E-state index contributed by atoms with van der Waals surface area (Å²) >= 11 is 0. The van der Waals surface area contributed by atoms with Crippen LogP contribution in [-0.2, 0) is 12.7 Å². The topological polar surface area (TPSA) is 103 Å². The van der Waals surface area contributed by atoms with Crippen molar-refractivity contribution in [2.24, 2.45) is 11.7 Å². The number of alkyl halides is 5. The van der Waals surface area contributed by atoms with E-state index in [1.807, 2.05) is 0 Å². The average Bonchev–Trinajstić information content (AvgIpc) is 3.08. The summed E-state index contributed by atoms with van der Waals surface area (Å²) in [5.41, 5.74) is 2.96. The first-order chi connectivity index (χ1) is 14.0. The SMILES string of the molecule is NC(=O)c1cc(NC(=O)c2c(C(F)(F)F)cnn2CC2CCC(F)(F)CC2)ccn1. The summed E-state index contributed by atoms with van der Waals surface area (Å²) in [4.78, 5) is 27.6. The summed E-state index contributed by atoms with van der Waals surface area (Å²) in [6.45, 7) is -0.0994. The van der Waals surface area contributed by atoms with E-state index in [0.717, 1.165) is 10.7 Å². The Labute approximate surface area is 167 Å². The predicted octanol–water partition coefficient (Wildman–Crippen LogP) is 3.47. The van der Waals surface area contributed by atoms with Gasteiger partial charge in [0.05, 0.1) is 6.20 Å². The molecule has 1 fully saturated rings. The lowest BCUT2D eigenvalue weighted by Gasteiger charge is -2.28. The normalized spacial score (nSPS) is 17.0. The van der Waals surface area contributed by atoms with Crippen LogP contribution in [0.15, 0.2) is 24.5 Å². The van der Waals surface area contributed by atoms with Crippen LogP contribution in [0.3, 0.4) is 0 Å². The number of halogens is 5. The highest BCUT2D eigenvalue weighted by atomic mass is 19.4. The van der Waals surface area contributed by atoms with Gasteiger partial charge in [-0.15, -0.1) is 0 Å². The first kappa shape index (κ1) is 21.7. The fourth-order valence-electron chi connectivity index (χ4n) is 3.33. The maximum atomic E-state index is 13.4. The fraction of sp³-hybridized carbons (Fsp3) is 0.444. The molecule has 0 saturated heterocycles. The number of carbonyl (C=O) groups excluding carboxylic acids is 2. The van der Waals surface area contributed by atoms with E-state index in [-0.39, 0.29) is 49.5 Å². The van der Waals surface area contributed by atoms with Crippen molar-refractivity contribution in [3.8, 4) is 0 Å². The number of aromatic nitrogens is 3. The van der Waals surface area contributed by atoms with Gasteiger partial charge in [-0.2, -0.15) is 18.3 Å². The largest absolute Gasteiger partial charge is 0.420 e. The number of carbonyl (C=O) groups is 2. The smallest absolute Gasteiger partial charge is 0.364 e. The van der Waals surface area contributed by atoms with Crippen LogP contribution in [0.2, 0.25) is 0 Å². The molecule has 1 aliphatic carbocycles. The molecule has 3 rings (SSSR count). The first-order valence-corrected chi connectivity index (χ1v) is 9.04. The van der Waals surface area contributed by atoms with Crippen molar-refractivity contribution in [2.75, 3.05) is 5.32 Å². The zero-order chi connectivity index (χ0) is 22.1. The zero-order valence-corrected chi connectivity index (χ0v) is 15.5. The number of amides is 2. The van der Waals surface area contributed by atoms with E-state index in [4.69, 9.17) is 5.73 Å². The molecule has 1 saturated carbocycles. The van der Waals surface area contributed by atoms with E-state index in [2.05, 4.69) is 15.4 Å². The second-order valence-corrected chi connectivity index (χ2v) is 7.13. The van der Waals surface area contributed by atoms with Crippen molar-refractivity contribution in [1.82, 2.24) is 14.8 Å². The van der Waals surface area contributed by atoms with Gasteiger partial charge in [-0.3, -0.25) is 19.3 Å². The molecule has 3 N–H and O–H groups in total. The Morgan fingerprint density at radius 2 is 1.93 bits per heavy atom. The molecule has 162 valence electrons. The number of nitrogens with one attached hydrogen (secondary N) is 1. The lowest BCUT2D eigenvalue weighted by molar-refractivity contribution is -0.138. The van der Waals surface area contributed by atoms with Crippen molar-refractivity contribution in [3.63, 3.8) is 0 Å². The Morgan fingerprint density at radius 3 is 2.53 bits per heavy atom. The van der Waals surface area contributed by atoms with Crippen molar-refractivity contribution in [1.29, 1.82) is 0 Å². The summed E-state index contributed by atoms with van der Waals surface area (Å²) < 4.78 is 67.8. The number of hydrogen-bond acceptors (Lipinski definition) is 4. The van der Waals surface area contributed by atoms with Gasteiger partial charge in [0.15, 0.2) is 0 Å². The molecular weight excluding hydrogens is 413 g/mol. The van der Waals surface area contributed by atoms with Gasteiger partial charge in [-0.25, -0.2) is 8.78 Å². The summed E-state index contributed by atoms with van der Waals surface area (Å²) in [6.07, 6.45) is -3.64. The molecule has 2 aromatic rings. The Kier molecular flexibility index (Phi) is 5.77. The molecule has 0 atom stereocenters. The highest BCUT2D eigenvalue weighted by molar-refractivity contribution is 6.04. The van der Waals surface area contributed by atoms with Crippen LogP contribution < -0.4 is 11.1 Å². The Balaban J connectivity index is 1.86. The lowest BCUT2D eigenvalue weighted by Crippen LogP contribution is -2.29. The van der Waals surface area contributed by atoms with Gasteiger partial charge in [0.1, 0.15) is 17.0 Å². The predicted molar refractivity (Wildman–Crippen MR) is 94.8 cm³/mol. The van der Waals surface area contributed by atoms with Gasteiger partial charge in [-0.05, 0) is 30.9 Å². The number of pyridine rings is 1. The molecule has 0 aliphatic heterocycles. The summed E-state index contributed by atoms with van der Waals surface area (Å²) in [5.74, 6) is -5.10. The number of rotatable bonds is 5. The number of primary amides is 1. The van der Waals surface area contributed by atoms with Gasteiger partial charge in [0.2, 0.25) is 5.92 Å². The number of nitrogens with zero attached hydrogens (tertiary/aromatic N) is 3. The minimum absolute atomic E-state index is 0.0157. The molecule has 2 amide bonds. The lowest BCUT2D eigenvalue weighted by atomic mass is 9.87. The summed E-state index contributed by atoms with van der Waals surface area (Å²) in [7, 11) is 0. The van der Waals surface area contributed by atoms with Crippen LogP contribution >= 0.6 is 0 Å². The van der Waals surface area contributed by atoms with Gasteiger partial charge in [-0.1, -0.05) is 0 Å². The van der Waals surface area contributed by atoms with E-state index in [1.54, 1.807) is 0 Å². The maximum Gasteiger partial charge on any atom is 0.420 e. The second-order valence-electron chi connectivity index (χ2n) is 7.13. The average molecular weight is 431 g/mol. The molecule has 0 aromatic carbocycles. The first-order valence-electron chi connectivity index (χ1n) is 9.04. The van der Waals surface area contributed by atoms with Crippen molar-refractivity contribution in [3.05, 3.63) is 41.5 Å².